The normalized spacial score (nSPS) is 19.5. The second-order valence-corrected chi connectivity index (χ2v) is 4.42. The summed E-state index contributed by atoms with van der Waals surface area (Å²) in [5.41, 5.74) is 3.59. The van der Waals surface area contributed by atoms with E-state index in [1.165, 1.54) is 16.5 Å². The third-order valence-electron chi connectivity index (χ3n) is 3.13. The van der Waals surface area contributed by atoms with Crippen molar-refractivity contribution in [3.05, 3.63) is 41.2 Å². The van der Waals surface area contributed by atoms with E-state index in [-0.39, 0.29) is 0 Å². The van der Waals surface area contributed by atoms with Crippen molar-refractivity contribution >= 4 is 17.0 Å². The fourth-order valence-electron chi connectivity index (χ4n) is 2.28. The van der Waals surface area contributed by atoms with Crippen molar-refractivity contribution in [2.24, 2.45) is 0 Å². The number of benzene rings is 1. The van der Waals surface area contributed by atoms with Gasteiger partial charge in [0, 0.05) is 16.9 Å². The van der Waals surface area contributed by atoms with E-state index in [2.05, 4.69) is 44.2 Å². The lowest BCUT2D eigenvalue weighted by atomic mass is 9.94. The maximum atomic E-state index is 5.91. The molecule has 76 valence electrons. The first-order valence-electron chi connectivity index (χ1n) is 5.45. The second kappa shape index (κ2) is 2.99. The van der Waals surface area contributed by atoms with Crippen LogP contribution >= 0.6 is 0 Å². The zero-order valence-corrected chi connectivity index (χ0v) is 9.08. The molecule has 1 aliphatic rings. The molecular formula is C14H14O. The molecule has 3 rings (SSSR count). The highest BCUT2D eigenvalue weighted by molar-refractivity contribution is 5.89. The highest BCUT2D eigenvalue weighted by Gasteiger charge is 2.19. The summed E-state index contributed by atoms with van der Waals surface area (Å²) in [6, 6.07) is 6.38. The average molecular weight is 198 g/mol. The molecule has 1 aromatic carbocycles. The van der Waals surface area contributed by atoms with E-state index in [4.69, 9.17) is 4.42 Å². The predicted octanol–water partition coefficient (Wildman–Crippen LogP) is 4.26. The minimum Gasteiger partial charge on any atom is -0.460 e. The SMILES string of the molecule is Cc1ccc2oc3c(c2c1)C=CCC3C. The van der Waals surface area contributed by atoms with Crippen LogP contribution in [0.4, 0.5) is 0 Å². The summed E-state index contributed by atoms with van der Waals surface area (Å²) in [4.78, 5) is 0. The van der Waals surface area contributed by atoms with Crippen LogP contribution in [0.1, 0.15) is 36.1 Å². The molecular weight excluding hydrogens is 184 g/mol. The lowest BCUT2D eigenvalue weighted by Crippen LogP contribution is -1.95. The van der Waals surface area contributed by atoms with E-state index < -0.39 is 0 Å². The van der Waals surface area contributed by atoms with Gasteiger partial charge in [-0.3, -0.25) is 0 Å². The number of hydrogen-bond donors (Lipinski definition) is 0. The standard InChI is InChI=1S/C14H14O/c1-9-6-7-13-12(8-9)11-5-3-4-10(2)14(11)15-13/h3,5-8,10H,4H2,1-2H3. The molecule has 1 unspecified atom stereocenters. The van der Waals surface area contributed by atoms with Crippen LogP contribution in [0.15, 0.2) is 28.7 Å². The van der Waals surface area contributed by atoms with Gasteiger partial charge in [-0.1, -0.05) is 30.7 Å². The maximum Gasteiger partial charge on any atom is 0.134 e. The Morgan fingerprint density at radius 3 is 3.07 bits per heavy atom. The van der Waals surface area contributed by atoms with E-state index >= 15 is 0 Å². The molecule has 1 heteroatoms. The molecule has 1 aliphatic carbocycles. The fourth-order valence-corrected chi connectivity index (χ4v) is 2.28. The largest absolute Gasteiger partial charge is 0.460 e. The minimum atomic E-state index is 0.512. The molecule has 0 saturated heterocycles. The van der Waals surface area contributed by atoms with Gasteiger partial charge in [0.1, 0.15) is 11.3 Å². The highest BCUT2D eigenvalue weighted by atomic mass is 16.3. The van der Waals surface area contributed by atoms with Crippen LogP contribution in [0.5, 0.6) is 0 Å². The van der Waals surface area contributed by atoms with Crippen molar-refractivity contribution in [3.63, 3.8) is 0 Å². The molecule has 1 nitrogen and oxygen atoms in total. The summed E-state index contributed by atoms with van der Waals surface area (Å²) in [5.74, 6) is 1.66. The number of furan rings is 1. The molecule has 2 aromatic rings. The average Bonchev–Trinajstić information content (AvgIpc) is 2.58. The van der Waals surface area contributed by atoms with Crippen molar-refractivity contribution in [3.8, 4) is 0 Å². The Bertz CT molecular complexity index is 546. The highest BCUT2D eigenvalue weighted by Crippen LogP contribution is 2.37. The third-order valence-corrected chi connectivity index (χ3v) is 3.13. The molecule has 1 heterocycles. The van der Waals surface area contributed by atoms with Crippen molar-refractivity contribution in [2.75, 3.05) is 0 Å². The fraction of sp³-hybridized carbons (Fsp3) is 0.286. The van der Waals surface area contributed by atoms with Crippen molar-refractivity contribution in [2.45, 2.75) is 26.2 Å². The summed E-state index contributed by atoms with van der Waals surface area (Å²) >= 11 is 0. The molecule has 0 spiro atoms. The van der Waals surface area contributed by atoms with Gasteiger partial charge in [0.05, 0.1) is 0 Å². The van der Waals surface area contributed by atoms with Gasteiger partial charge in [0.25, 0.3) is 0 Å². The quantitative estimate of drug-likeness (QED) is 0.616. The van der Waals surface area contributed by atoms with Crippen molar-refractivity contribution in [1.29, 1.82) is 0 Å². The number of rotatable bonds is 0. The molecule has 1 atom stereocenters. The lowest BCUT2D eigenvalue weighted by Gasteiger charge is -2.10. The van der Waals surface area contributed by atoms with E-state index in [0.717, 1.165) is 17.8 Å². The zero-order valence-electron chi connectivity index (χ0n) is 9.08. The van der Waals surface area contributed by atoms with Crippen LogP contribution in [-0.4, -0.2) is 0 Å². The lowest BCUT2D eigenvalue weighted by molar-refractivity contribution is 0.504. The zero-order chi connectivity index (χ0) is 10.4. The molecule has 1 aromatic heterocycles. The van der Waals surface area contributed by atoms with Crippen molar-refractivity contribution < 1.29 is 4.42 Å². The van der Waals surface area contributed by atoms with Crippen LogP contribution in [-0.2, 0) is 0 Å². The summed E-state index contributed by atoms with van der Waals surface area (Å²) in [5, 5.41) is 1.26. The Kier molecular flexibility index (Phi) is 1.75. The second-order valence-electron chi connectivity index (χ2n) is 4.42. The van der Waals surface area contributed by atoms with Crippen LogP contribution < -0.4 is 0 Å². The van der Waals surface area contributed by atoms with E-state index in [0.29, 0.717) is 5.92 Å². The predicted molar refractivity (Wildman–Crippen MR) is 63.0 cm³/mol. The van der Waals surface area contributed by atoms with Gasteiger partial charge < -0.3 is 4.42 Å². The molecule has 0 fully saturated rings. The summed E-state index contributed by atoms with van der Waals surface area (Å²) in [6.07, 6.45) is 5.52. The molecule has 0 amide bonds. The van der Waals surface area contributed by atoms with Gasteiger partial charge >= 0.3 is 0 Å². The van der Waals surface area contributed by atoms with Gasteiger partial charge in [-0.05, 0) is 25.5 Å². The van der Waals surface area contributed by atoms with Crippen LogP contribution in [0, 0.1) is 6.92 Å². The molecule has 0 bridgehead atoms. The first-order valence-corrected chi connectivity index (χ1v) is 5.45. The molecule has 15 heavy (non-hydrogen) atoms. The number of hydrogen-bond acceptors (Lipinski definition) is 1. The van der Waals surface area contributed by atoms with E-state index in [1.807, 2.05) is 0 Å². The first-order chi connectivity index (χ1) is 7.25. The van der Waals surface area contributed by atoms with Gasteiger partial charge in [0.15, 0.2) is 0 Å². The Balaban J connectivity index is 2.37. The van der Waals surface area contributed by atoms with E-state index in [1.54, 1.807) is 0 Å². The van der Waals surface area contributed by atoms with Gasteiger partial charge in [-0.15, -0.1) is 0 Å². The number of allylic oxidation sites excluding steroid dienone is 1. The monoisotopic (exact) mass is 198 g/mol. The van der Waals surface area contributed by atoms with Crippen LogP contribution in [0.2, 0.25) is 0 Å². The summed E-state index contributed by atoms with van der Waals surface area (Å²) in [7, 11) is 0. The number of aryl methyl sites for hydroxylation is 1. The van der Waals surface area contributed by atoms with Crippen molar-refractivity contribution in [1.82, 2.24) is 0 Å². The first kappa shape index (κ1) is 8.78. The third kappa shape index (κ3) is 1.23. The van der Waals surface area contributed by atoms with E-state index in [9.17, 15) is 0 Å². The van der Waals surface area contributed by atoms with Gasteiger partial charge in [0.2, 0.25) is 0 Å². The topological polar surface area (TPSA) is 13.1 Å². The van der Waals surface area contributed by atoms with Gasteiger partial charge in [-0.2, -0.15) is 0 Å². The minimum absolute atomic E-state index is 0.512. The summed E-state index contributed by atoms with van der Waals surface area (Å²) < 4.78 is 5.91. The van der Waals surface area contributed by atoms with Crippen LogP contribution in [0.25, 0.3) is 17.0 Å². The Labute approximate surface area is 89.4 Å². The Morgan fingerprint density at radius 1 is 1.33 bits per heavy atom. The molecule has 0 radical (unpaired) electrons. The Morgan fingerprint density at radius 2 is 2.20 bits per heavy atom. The maximum absolute atomic E-state index is 5.91. The molecule has 0 N–H and O–H groups in total. The Hall–Kier alpha value is -1.50. The van der Waals surface area contributed by atoms with Crippen LogP contribution in [0.3, 0.4) is 0 Å². The molecule has 0 aliphatic heterocycles. The molecule has 0 saturated carbocycles. The van der Waals surface area contributed by atoms with Gasteiger partial charge in [-0.25, -0.2) is 0 Å². The smallest absolute Gasteiger partial charge is 0.134 e. The summed E-state index contributed by atoms with van der Waals surface area (Å²) in [6.45, 7) is 4.34. The number of fused-ring (bicyclic) bond motifs is 3.